The first-order chi connectivity index (χ1) is 14.0. The van der Waals surface area contributed by atoms with Gasteiger partial charge in [0, 0.05) is 28.8 Å². The van der Waals surface area contributed by atoms with Crippen molar-refractivity contribution in [1.82, 2.24) is 5.32 Å². The van der Waals surface area contributed by atoms with Gasteiger partial charge >= 0.3 is 0 Å². The lowest BCUT2D eigenvalue weighted by atomic mass is 9.93. The van der Waals surface area contributed by atoms with Crippen LogP contribution in [0.25, 0.3) is 0 Å². The number of hydrogen-bond donors (Lipinski definition) is 2. The van der Waals surface area contributed by atoms with E-state index in [9.17, 15) is 5.11 Å². The van der Waals surface area contributed by atoms with Gasteiger partial charge in [-0.05, 0) is 48.2 Å². The van der Waals surface area contributed by atoms with Crippen molar-refractivity contribution in [2.45, 2.75) is 38.9 Å². The Morgan fingerprint density at radius 3 is 2.45 bits per heavy atom. The van der Waals surface area contributed by atoms with Crippen LogP contribution in [-0.4, -0.2) is 10.8 Å². The molecule has 0 amide bonds. The van der Waals surface area contributed by atoms with Crippen LogP contribution in [0.3, 0.4) is 0 Å². The van der Waals surface area contributed by atoms with Crippen molar-refractivity contribution in [3.63, 3.8) is 0 Å². The van der Waals surface area contributed by atoms with Crippen molar-refractivity contribution < 1.29 is 5.11 Å². The number of phenolic OH excluding ortho intramolecular Hbond substituents is 1. The van der Waals surface area contributed by atoms with Crippen LogP contribution in [-0.2, 0) is 6.42 Å². The maximum absolute atomic E-state index is 10.5. The summed E-state index contributed by atoms with van der Waals surface area (Å²) in [6, 6.07) is 22.1. The molecule has 29 heavy (non-hydrogen) atoms. The highest BCUT2D eigenvalue weighted by Crippen LogP contribution is 2.35. The van der Waals surface area contributed by atoms with Crippen LogP contribution >= 0.6 is 11.6 Å². The van der Waals surface area contributed by atoms with E-state index in [2.05, 4.69) is 67.7 Å². The Kier molecular flexibility index (Phi) is 5.70. The molecule has 148 valence electrons. The molecule has 0 unspecified atom stereocenters. The minimum absolute atomic E-state index is 0.0849. The van der Waals surface area contributed by atoms with E-state index in [0.29, 0.717) is 11.4 Å². The van der Waals surface area contributed by atoms with Gasteiger partial charge in [-0.15, -0.1) is 0 Å². The van der Waals surface area contributed by atoms with Crippen molar-refractivity contribution in [2.24, 2.45) is 4.99 Å². The van der Waals surface area contributed by atoms with Crippen molar-refractivity contribution in [2.75, 3.05) is 0 Å². The summed E-state index contributed by atoms with van der Waals surface area (Å²) in [5.74, 6) is 0.247. The van der Waals surface area contributed by atoms with Crippen LogP contribution in [0.15, 0.2) is 71.7 Å². The second kappa shape index (κ2) is 8.40. The fraction of sp³-hybridized carbons (Fsp3) is 0.240. The average molecular weight is 405 g/mol. The molecule has 1 aliphatic heterocycles. The molecular formula is C25H25ClN2O. The SMILES string of the molecule is CCc1ccc(C2=N[C@H](c3ccc(C)cc3)N[C@@H](c3cc(Cl)ccc3O)C2)cc1. The van der Waals surface area contributed by atoms with Gasteiger partial charge in [-0.1, -0.05) is 72.6 Å². The van der Waals surface area contributed by atoms with Crippen LogP contribution in [0.1, 0.15) is 53.4 Å². The van der Waals surface area contributed by atoms with Crippen molar-refractivity contribution in [3.8, 4) is 5.75 Å². The molecule has 3 aromatic rings. The molecule has 0 radical (unpaired) electrons. The Bertz CT molecular complexity index is 1030. The Morgan fingerprint density at radius 2 is 1.76 bits per heavy atom. The number of nitrogens with zero attached hydrogens (tertiary/aromatic N) is 1. The number of phenols is 1. The molecule has 1 aliphatic rings. The molecule has 3 aromatic carbocycles. The molecular weight excluding hydrogens is 380 g/mol. The lowest BCUT2D eigenvalue weighted by Crippen LogP contribution is -2.33. The van der Waals surface area contributed by atoms with Gasteiger partial charge < -0.3 is 5.11 Å². The number of aromatic hydroxyl groups is 1. The summed E-state index contributed by atoms with van der Waals surface area (Å²) in [6.45, 7) is 4.23. The number of hydrogen-bond acceptors (Lipinski definition) is 3. The Labute approximate surface area is 177 Å². The monoisotopic (exact) mass is 404 g/mol. The molecule has 1 heterocycles. The minimum atomic E-state index is -0.186. The fourth-order valence-electron chi connectivity index (χ4n) is 3.74. The number of aliphatic imine (C=N–C) groups is 1. The summed E-state index contributed by atoms with van der Waals surface area (Å²) in [5, 5.41) is 14.7. The van der Waals surface area contributed by atoms with Crippen LogP contribution in [0.2, 0.25) is 5.02 Å². The van der Waals surface area contributed by atoms with Crippen LogP contribution < -0.4 is 5.32 Å². The smallest absolute Gasteiger partial charge is 0.126 e. The Hall–Kier alpha value is -2.62. The van der Waals surface area contributed by atoms with E-state index >= 15 is 0 Å². The first kappa shape index (κ1) is 19.7. The van der Waals surface area contributed by atoms with E-state index in [-0.39, 0.29) is 18.0 Å². The molecule has 4 rings (SSSR count). The van der Waals surface area contributed by atoms with Crippen molar-refractivity contribution >= 4 is 17.3 Å². The summed E-state index contributed by atoms with van der Waals surface area (Å²) >= 11 is 6.22. The molecule has 0 spiro atoms. The Morgan fingerprint density at radius 1 is 1.03 bits per heavy atom. The number of nitrogens with one attached hydrogen (secondary N) is 1. The standard InChI is InChI=1S/C25H25ClN2O/c1-3-17-6-10-18(11-7-17)22-15-23(21-14-20(26)12-13-24(21)29)28-25(27-22)19-8-4-16(2)5-9-19/h4-14,23,25,28-29H,3,15H2,1-2H3/t23-,25+/m1/s1. The maximum atomic E-state index is 10.5. The molecule has 0 aliphatic carbocycles. The summed E-state index contributed by atoms with van der Waals surface area (Å²) in [5.41, 5.74) is 6.57. The molecule has 2 N–H and O–H groups in total. The van der Waals surface area contributed by atoms with Gasteiger partial charge in [0.1, 0.15) is 11.9 Å². The van der Waals surface area contributed by atoms with Crippen molar-refractivity contribution in [3.05, 3.63) is 99.6 Å². The lowest BCUT2D eigenvalue weighted by molar-refractivity contribution is 0.412. The summed E-state index contributed by atoms with van der Waals surface area (Å²) in [7, 11) is 0. The van der Waals surface area contributed by atoms with Crippen LogP contribution in [0, 0.1) is 6.92 Å². The second-order valence-electron chi connectivity index (χ2n) is 7.57. The highest BCUT2D eigenvalue weighted by atomic mass is 35.5. The topological polar surface area (TPSA) is 44.6 Å². The average Bonchev–Trinajstić information content (AvgIpc) is 2.75. The maximum Gasteiger partial charge on any atom is 0.126 e. The third kappa shape index (κ3) is 4.36. The minimum Gasteiger partial charge on any atom is -0.508 e. The molecule has 0 aromatic heterocycles. The van der Waals surface area contributed by atoms with Crippen LogP contribution in [0.4, 0.5) is 0 Å². The largest absolute Gasteiger partial charge is 0.508 e. The van der Waals surface area contributed by atoms with E-state index in [4.69, 9.17) is 16.6 Å². The third-order valence-electron chi connectivity index (χ3n) is 5.49. The van der Waals surface area contributed by atoms with E-state index in [1.54, 1.807) is 12.1 Å². The second-order valence-corrected chi connectivity index (χ2v) is 8.00. The fourth-order valence-corrected chi connectivity index (χ4v) is 3.92. The zero-order chi connectivity index (χ0) is 20.4. The van der Waals surface area contributed by atoms with Gasteiger partial charge in [0.25, 0.3) is 0 Å². The number of benzene rings is 3. The van der Waals surface area contributed by atoms with Crippen molar-refractivity contribution in [1.29, 1.82) is 0 Å². The molecule has 0 fully saturated rings. The quantitative estimate of drug-likeness (QED) is 0.548. The highest BCUT2D eigenvalue weighted by Gasteiger charge is 2.27. The highest BCUT2D eigenvalue weighted by molar-refractivity contribution is 6.30. The molecule has 4 heteroatoms. The van der Waals surface area contributed by atoms with E-state index in [1.165, 1.54) is 11.1 Å². The molecule has 0 saturated heterocycles. The van der Waals surface area contributed by atoms with E-state index in [1.807, 2.05) is 6.07 Å². The summed E-state index contributed by atoms with van der Waals surface area (Å²) in [6.07, 6.45) is 1.51. The van der Waals surface area contributed by atoms with Gasteiger partial charge in [0.05, 0.1) is 0 Å². The Balaban J connectivity index is 1.75. The van der Waals surface area contributed by atoms with Crippen LogP contribution in [0.5, 0.6) is 5.75 Å². The summed E-state index contributed by atoms with van der Waals surface area (Å²) < 4.78 is 0. The molecule has 0 bridgehead atoms. The number of aryl methyl sites for hydroxylation is 2. The van der Waals surface area contributed by atoms with E-state index in [0.717, 1.165) is 28.8 Å². The first-order valence-electron chi connectivity index (χ1n) is 10.0. The predicted molar refractivity (Wildman–Crippen MR) is 120 cm³/mol. The first-order valence-corrected chi connectivity index (χ1v) is 10.4. The molecule has 0 saturated carbocycles. The van der Waals surface area contributed by atoms with Gasteiger partial charge in [-0.3, -0.25) is 10.3 Å². The third-order valence-corrected chi connectivity index (χ3v) is 5.73. The zero-order valence-corrected chi connectivity index (χ0v) is 17.4. The normalized spacial score (nSPS) is 19.1. The lowest BCUT2D eigenvalue weighted by Gasteiger charge is -2.31. The predicted octanol–water partition coefficient (Wildman–Crippen LogP) is 6.14. The van der Waals surface area contributed by atoms with Gasteiger partial charge in [-0.2, -0.15) is 0 Å². The molecule has 3 nitrogen and oxygen atoms in total. The van der Waals surface area contributed by atoms with E-state index < -0.39 is 0 Å². The summed E-state index contributed by atoms with van der Waals surface area (Å²) in [4.78, 5) is 5.03. The van der Waals surface area contributed by atoms with Gasteiger partial charge in [0.15, 0.2) is 0 Å². The van der Waals surface area contributed by atoms with Gasteiger partial charge in [0.2, 0.25) is 0 Å². The zero-order valence-electron chi connectivity index (χ0n) is 16.7. The number of halogens is 1. The van der Waals surface area contributed by atoms with Gasteiger partial charge in [-0.25, -0.2) is 0 Å². The number of rotatable bonds is 4. The molecule has 2 atom stereocenters.